The van der Waals surface area contributed by atoms with E-state index in [1.165, 1.54) is 6.20 Å². The van der Waals surface area contributed by atoms with Gasteiger partial charge in [0.1, 0.15) is 5.02 Å². The van der Waals surface area contributed by atoms with Crippen molar-refractivity contribution in [3.63, 3.8) is 0 Å². The molecule has 1 aromatic rings. The highest BCUT2D eigenvalue weighted by Crippen LogP contribution is 2.13. The minimum Gasteiger partial charge on any atom is -0.383 e. The summed E-state index contributed by atoms with van der Waals surface area (Å²) in [4.78, 5) is 11.1. The molecule has 3 N–H and O–H groups in total. The predicted molar refractivity (Wildman–Crippen MR) is 63.1 cm³/mol. The number of nitrogens with one attached hydrogen (secondary N) is 3. The number of hydrogen-bond donors (Lipinski definition) is 3. The van der Waals surface area contributed by atoms with Crippen LogP contribution >= 0.6 is 11.6 Å². The van der Waals surface area contributed by atoms with Crippen LogP contribution in [0.25, 0.3) is 0 Å². The van der Waals surface area contributed by atoms with E-state index in [1.807, 2.05) is 0 Å². The lowest BCUT2D eigenvalue weighted by Gasteiger charge is -2.07. The van der Waals surface area contributed by atoms with Crippen LogP contribution in [0.15, 0.2) is 11.0 Å². The number of aromatic nitrogens is 2. The number of nitrogens with zero attached hydrogens (tertiary/aromatic N) is 1. The Bertz CT molecular complexity index is 369. The van der Waals surface area contributed by atoms with Crippen LogP contribution in [-0.2, 0) is 4.74 Å². The van der Waals surface area contributed by atoms with Gasteiger partial charge in [-0.15, -0.1) is 0 Å². The van der Waals surface area contributed by atoms with Crippen LogP contribution in [0.1, 0.15) is 0 Å². The van der Waals surface area contributed by atoms with Gasteiger partial charge in [-0.1, -0.05) is 11.6 Å². The van der Waals surface area contributed by atoms with Crippen LogP contribution in [-0.4, -0.2) is 43.5 Å². The van der Waals surface area contributed by atoms with E-state index in [4.69, 9.17) is 16.3 Å². The molecule has 0 unspecified atom stereocenters. The molecule has 90 valence electrons. The fourth-order valence-electron chi connectivity index (χ4n) is 1.09. The van der Waals surface area contributed by atoms with Crippen LogP contribution in [0.3, 0.4) is 0 Å². The Morgan fingerprint density at radius 2 is 2.31 bits per heavy atom. The van der Waals surface area contributed by atoms with Gasteiger partial charge < -0.3 is 15.4 Å². The van der Waals surface area contributed by atoms with Gasteiger partial charge in [0, 0.05) is 26.7 Å². The quantitative estimate of drug-likeness (QED) is 0.594. The fraction of sp³-hybridized carbons (Fsp3) is 0.556. The van der Waals surface area contributed by atoms with Crippen molar-refractivity contribution in [3.8, 4) is 0 Å². The molecule has 0 saturated heterocycles. The lowest BCUT2D eigenvalue weighted by atomic mass is 10.4. The molecule has 0 spiro atoms. The molecule has 0 aromatic carbocycles. The third-order valence-corrected chi connectivity index (χ3v) is 2.27. The summed E-state index contributed by atoms with van der Waals surface area (Å²) in [6.45, 7) is 2.88. The number of methoxy groups -OCH3 is 1. The predicted octanol–water partition coefficient (Wildman–Crippen LogP) is 0.0712. The standard InChI is InChI=1S/C9H15ClN4O2/c1-16-5-4-11-2-3-12-7-6-13-14-9(15)8(7)10/h6,11H,2-5H2,1H3,(H2,12,14,15). The van der Waals surface area contributed by atoms with E-state index in [0.29, 0.717) is 18.8 Å². The number of hydrogen-bond acceptors (Lipinski definition) is 5. The van der Waals surface area contributed by atoms with Crippen LogP contribution in [0, 0.1) is 0 Å². The van der Waals surface area contributed by atoms with Crippen LogP contribution < -0.4 is 16.2 Å². The average Bonchev–Trinajstić information content (AvgIpc) is 2.29. The Kier molecular flexibility index (Phi) is 5.84. The van der Waals surface area contributed by atoms with Crippen LogP contribution in [0.4, 0.5) is 5.69 Å². The molecule has 0 aliphatic carbocycles. The zero-order valence-electron chi connectivity index (χ0n) is 9.05. The van der Waals surface area contributed by atoms with Crippen LogP contribution in [0.2, 0.25) is 5.02 Å². The van der Waals surface area contributed by atoms with E-state index in [1.54, 1.807) is 7.11 Å². The van der Waals surface area contributed by atoms with Crippen molar-refractivity contribution in [1.82, 2.24) is 15.5 Å². The van der Waals surface area contributed by atoms with Crippen molar-refractivity contribution in [2.45, 2.75) is 0 Å². The molecule has 16 heavy (non-hydrogen) atoms. The number of rotatable bonds is 7. The first kappa shape index (κ1) is 13.0. The van der Waals surface area contributed by atoms with Gasteiger partial charge in [-0.3, -0.25) is 4.79 Å². The van der Waals surface area contributed by atoms with Gasteiger partial charge in [-0.2, -0.15) is 5.10 Å². The van der Waals surface area contributed by atoms with Crippen molar-refractivity contribution >= 4 is 17.3 Å². The average molecular weight is 247 g/mol. The molecule has 1 heterocycles. The maximum Gasteiger partial charge on any atom is 0.285 e. The van der Waals surface area contributed by atoms with Crippen molar-refractivity contribution in [2.24, 2.45) is 0 Å². The molecule has 0 aliphatic rings. The summed E-state index contributed by atoms with van der Waals surface area (Å²) in [5, 5.41) is 12.2. The second kappa shape index (κ2) is 7.21. The number of anilines is 1. The summed E-state index contributed by atoms with van der Waals surface area (Å²) in [5.74, 6) is 0. The Hall–Kier alpha value is -1.11. The topological polar surface area (TPSA) is 79.0 Å². The highest BCUT2D eigenvalue weighted by molar-refractivity contribution is 6.32. The van der Waals surface area contributed by atoms with Crippen LogP contribution in [0.5, 0.6) is 0 Å². The minimum absolute atomic E-state index is 0.131. The Morgan fingerprint density at radius 1 is 1.50 bits per heavy atom. The lowest BCUT2D eigenvalue weighted by molar-refractivity contribution is 0.200. The number of aromatic amines is 1. The summed E-state index contributed by atoms with van der Waals surface area (Å²) < 4.78 is 4.88. The van der Waals surface area contributed by atoms with Gasteiger partial charge in [0.15, 0.2) is 0 Å². The summed E-state index contributed by atoms with van der Waals surface area (Å²) in [7, 11) is 1.65. The summed E-state index contributed by atoms with van der Waals surface area (Å²) in [6, 6.07) is 0. The van der Waals surface area contributed by atoms with Crippen molar-refractivity contribution in [3.05, 3.63) is 21.6 Å². The smallest absolute Gasteiger partial charge is 0.285 e. The summed E-state index contributed by atoms with van der Waals surface area (Å²) in [5.41, 5.74) is 0.151. The maximum atomic E-state index is 11.1. The highest BCUT2D eigenvalue weighted by atomic mass is 35.5. The number of halogens is 1. The molecular formula is C9H15ClN4O2. The third kappa shape index (κ3) is 4.18. The van der Waals surface area contributed by atoms with Gasteiger partial charge in [-0.25, -0.2) is 5.10 Å². The molecule has 0 fully saturated rings. The molecule has 0 amide bonds. The Balaban J connectivity index is 2.27. The maximum absolute atomic E-state index is 11.1. The molecule has 0 radical (unpaired) electrons. The second-order valence-corrected chi connectivity index (χ2v) is 3.47. The fourth-order valence-corrected chi connectivity index (χ4v) is 1.25. The van der Waals surface area contributed by atoms with Gasteiger partial charge in [0.25, 0.3) is 5.56 Å². The minimum atomic E-state index is -0.390. The van der Waals surface area contributed by atoms with E-state index in [-0.39, 0.29) is 10.6 Å². The van der Waals surface area contributed by atoms with E-state index in [2.05, 4.69) is 20.8 Å². The first-order chi connectivity index (χ1) is 7.75. The van der Waals surface area contributed by atoms with Crippen molar-refractivity contribution < 1.29 is 4.74 Å². The lowest BCUT2D eigenvalue weighted by Crippen LogP contribution is -2.26. The van der Waals surface area contributed by atoms with E-state index < -0.39 is 0 Å². The molecule has 6 nitrogen and oxygen atoms in total. The van der Waals surface area contributed by atoms with E-state index in [0.717, 1.165) is 13.1 Å². The molecule has 7 heteroatoms. The SMILES string of the molecule is COCCNCCNc1cn[nH]c(=O)c1Cl. The molecule has 1 rings (SSSR count). The van der Waals surface area contributed by atoms with E-state index >= 15 is 0 Å². The molecule has 0 bridgehead atoms. The monoisotopic (exact) mass is 246 g/mol. The number of ether oxygens (including phenoxy) is 1. The Labute approximate surface area is 98.3 Å². The van der Waals surface area contributed by atoms with Crippen molar-refractivity contribution in [1.29, 1.82) is 0 Å². The molecule has 0 atom stereocenters. The number of H-pyrrole nitrogens is 1. The highest BCUT2D eigenvalue weighted by Gasteiger charge is 2.02. The van der Waals surface area contributed by atoms with Gasteiger partial charge in [-0.05, 0) is 0 Å². The normalized spacial score (nSPS) is 10.4. The molecule has 0 aliphatic heterocycles. The first-order valence-corrected chi connectivity index (χ1v) is 5.30. The molecule has 1 aromatic heterocycles. The van der Waals surface area contributed by atoms with Gasteiger partial charge in [0.05, 0.1) is 18.5 Å². The van der Waals surface area contributed by atoms with Gasteiger partial charge in [0.2, 0.25) is 0 Å². The zero-order valence-corrected chi connectivity index (χ0v) is 9.80. The largest absolute Gasteiger partial charge is 0.383 e. The first-order valence-electron chi connectivity index (χ1n) is 4.92. The third-order valence-electron chi connectivity index (χ3n) is 1.90. The van der Waals surface area contributed by atoms with E-state index in [9.17, 15) is 4.79 Å². The van der Waals surface area contributed by atoms with Crippen molar-refractivity contribution in [2.75, 3.05) is 38.7 Å². The summed E-state index contributed by atoms with van der Waals surface area (Å²) >= 11 is 5.77. The van der Waals surface area contributed by atoms with Gasteiger partial charge >= 0.3 is 0 Å². The zero-order chi connectivity index (χ0) is 11.8. The molecule has 0 saturated carbocycles. The summed E-state index contributed by atoms with van der Waals surface area (Å²) in [6.07, 6.45) is 1.49. The molecular weight excluding hydrogens is 232 g/mol. The second-order valence-electron chi connectivity index (χ2n) is 3.10. The Morgan fingerprint density at radius 3 is 3.06 bits per heavy atom.